The summed E-state index contributed by atoms with van der Waals surface area (Å²) in [6, 6.07) is 8.41. The van der Waals surface area contributed by atoms with Crippen molar-refractivity contribution in [2.45, 2.75) is 0 Å². The van der Waals surface area contributed by atoms with Crippen LogP contribution in [0.2, 0.25) is 0 Å². The number of aldehydes is 1. The van der Waals surface area contributed by atoms with Gasteiger partial charge < -0.3 is 5.11 Å². The Morgan fingerprint density at radius 2 is 2.06 bits per heavy atom. The van der Waals surface area contributed by atoms with E-state index in [-0.39, 0.29) is 5.75 Å². The van der Waals surface area contributed by atoms with Gasteiger partial charge in [0.25, 0.3) is 0 Å². The summed E-state index contributed by atoms with van der Waals surface area (Å²) in [7, 11) is 0. The fourth-order valence-electron chi connectivity index (χ4n) is 1.37. The van der Waals surface area contributed by atoms with E-state index in [1.807, 2.05) is 0 Å². The lowest BCUT2D eigenvalue weighted by atomic mass is 10.2. The Labute approximate surface area is 104 Å². The van der Waals surface area contributed by atoms with Gasteiger partial charge in [-0.2, -0.15) is 5.10 Å². The Hall–Kier alpha value is -2.69. The van der Waals surface area contributed by atoms with Crippen molar-refractivity contribution >= 4 is 18.2 Å². The maximum Gasteiger partial charge on any atom is 0.152 e. The molecule has 18 heavy (non-hydrogen) atoms. The number of phenolic OH excluding ortho intramolecular Hbond substituents is 1. The molecule has 1 aromatic carbocycles. The van der Waals surface area contributed by atoms with Crippen LogP contribution in [0.5, 0.6) is 5.75 Å². The zero-order chi connectivity index (χ0) is 12.8. The zero-order valence-electron chi connectivity index (χ0n) is 9.45. The summed E-state index contributed by atoms with van der Waals surface area (Å²) in [5.74, 6) is 0.143. The fraction of sp³-hybridized carbons (Fsp3) is 0. The molecule has 5 nitrogen and oxygen atoms in total. The Kier molecular flexibility index (Phi) is 3.66. The first-order chi connectivity index (χ1) is 8.81. The van der Waals surface area contributed by atoms with Gasteiger partial charge in [-0.1, -0.05) is 12.1 Å². The number of hydrazone groups is 1. The van der Waals surface area contributed by atoms with Crippen LogP contribution in [0.3, 0.4) is 0 Å². The second-order valence-electron chi connectivity index (χ2n) is 3.51. The lowest BCUT2D eigenvalue weighted by Gasteiger charge is -2.02. The Balaban J connectivity index is 2.12. The molecule has 5 heteroatoms. The molecule has 0 spiro atoms. The molecule has 0 aliphatic rings. The van der Waals surface area contributed by atoms with Crippen LogP contribution in [0, 0.1) is 0 Å². The molecule has 2 N–H and O–H groups in total. The lowest BCUT2D eigenvalue weighted by molar-refractivity contribution is 0.112. The topological polar surface area (TPSA) is 74.6 Å². The third-order valence-corrected chi connectivity index (χ3v) is 2.31. The van der Waals surface area contributed by atoms with Gasteiger partial charge in [0.2, 0.25) is 0 Å². The number of nitrogens with zero attached hydrogens (tertiary/aromatic N) is 2. The molecule has 0 fully saturated rings. The maximum absolute atomic E-state index is 10.8. The van der Waals surface area contributed by atoms with E-state index < -0.39 is 0 Å². The predicted molar refractivity (Wildman–Crippen MR) is 68.9 cm³/mol. The monoisotopic (exact) mass is 241 g/mol. The van der Waals surface area contributed by atoms with E-state index >= 15 is 0 Å². The molecule has 1 heterocycles. The molecule has 1 aromatic heterocycles. The van der Waals surface area contributed by atoms with Crippen molar-refractivity contribution in [2.24, 2.45) is 5.10 Å². The number of carbonyl (C=O) groups is 1. The van der Waals surface area contributed by atoms with Gasteiger partial charge in [0.05, 0.1) is 18.1 Å². The van der Waals surface area contributed by atoms with Crippen LogP contribution in [0.1, 0.15) is 15.9 Å². The van der Waals surface area contributed by atoms with Gasteiger partial charge in [0.15, 0.2) is 6.29 Å². The quantitative estimate of drug-likeness (QED) is 0.488. The van der Waals surface area contributed by atoms with E-state index in [9.17, 15) is 9.90 Å². The van der Waals surface area contributed by atoms with Crippen LogP contribution in [-0.4, -0.2) is 22.6 Å². The highest BCUT2D eigenvalue weighted by Gasteiger charge is 1.99. The van der Waals surface area contributed by atoms with Gasteiger partial charge in [0.1, 0.15) is 5.75 Å². The molecule has 0 aliphatic carbocycles. The minimum Gasteiger partial charge on any atom is -0.507 e. The highest BCUT2D eigenvalue weighted by Crippen LogP contribution is 2.14. The fourth-order valence-corrected chi connectivity index (χ4v) is 1.37. The van der Waals surface area contributed by atoms with E-state index in [2.05, 4.69) is 15.5 Å². The normalized spacial score (nSPS) is 10.4. The molecule has 0 bridgehead atoms. The first-order valence-corrected chi connectivity index (χ1v) is 5.27. The Morgan fingerprint density at radius 3 is 2.83 bits per heavy atom. The van der Waals surface area contributed by atoms with E-state index in [0.717, 1.165) is 6.29 Å². The molecule has 0 amide bonds. The predicted octanol–water partition coefficient (Wildman–Crippen LogP) is 2.05. The van der Waals surface area contributed by atoms with Crippen LogP contribution in [0.4, 0.5) is 5.69 Å². The number of carbonyl (C=O) groups excluding carboxylic acids is 1. The molecule has 0 atom stereocenters. The molecule has 0 radical (unpaired) electrons. The van der Waals surface area contributed by atoms with Crippen molar-refractivity contribution in [3.05, 3.63) is 53.9 Å². The van der Waals surface area contributed by atoms with Crippen molar-refractivity contribution in [3.63, 3.8) is 0 Å². The van der Waals surface area contributed by atoms with Crippen molar-refractivity contribution < 1.29 is 9.90 Å². The average molecular weight is 241 g/mol. The van der Waals surface area contributed by atoms with Gasteiger partial charge in [-0.25, -0.2) is 0 Å². The van der Waals surface area contributed by atoms with Crippen molar-refractivity contribution in [2.75, 3.05) is 5.43 Å². The number of aromatic nitrogens is 1. The van der Waals surface area contributed by atoms with Crippen LogP contribution >= 0.6 is 0 Å². The number of benzene rings is 1. The zero-order valence-corrected chi connectivity index (χ0v) is 9.45. The highest BCUT2D eigenvalue weighted by atomic mass is 16.3. The van der Waals surface area contributed by atoms with Gasteiger partial charge in [-0.3, -0.25) is 15.2 Å². The highest BCUT2D eigenvalue weighted by molar-refractivity contribution is 5.86. The third-order valence-electron chi connectivity index (χ3n) is 2.31. The SMILES string of the molecule is O=Cc1ccncc1N/N=C/c1ccccc1O. The largest absolute Gasteiger partial charge is 0.507 e. The molecule has 2 aromatic rings. The van der Waals surface area contributed by atoms with E-state index in [0.29, 0.717) is 16.8 Å². The smallest absolute Gasteiger partial charge is 0.152 e. The third kappa shape index (κ3) is 2.70. The maximum atomic E-state index is 10.8. The van der Waals surface area contributed by atoms with Gasteiger partial charge >= 0.3 is 0 Å². The van der Waals surface area contributed by atoms with Crippen LogP contribution in [-0.2, 0) is 0 Å². The van der Waals surface area contributed by atoms with E-state index in [1.54, 1.807) is 30.3 Å². The van der Waals surface area contributed by atoms with Gasteiger partial charge in [-0.15, -0.1) is 0 Å². The number of nitrogens with one attached hydrogen (secondary N) is 1. The summed E-state index contributed by atoms with van der Waals surface area (Å²) in [6.07, 6.45) is 5.23. The second-order valence-corrected chi connectivity index (χ2v) is 3.51. The molecule has 0 saturated heterocycles. The first kappa shape index (κ1) is 11.8. The summed E-state index contributed by atoms with van der Waals surface area (Å²) in [4.78, 5) is 14.6. The second kappa shape index (κ2) is 5.58. The number of phenols is 1. The van der Waals surface area contributed by atoms with Crippen LogP contribution in [0.25, 0.3) is 0 Å². The lowest BCUT2D eigenvalue weighted by Crippen LogP contribution is -1.96. The first-order valence-electron chi connectivity index (χ1n) is 5.27. The average Bonchev–Trinajstić information content (AvgIpc) is 2.41. The molecular weight excluding hydrogens is 230 g/mol. The molecule has 2 rings (SSSR count). The molecule has 90 valence electrons. The van der Waals surface area contributed by atoms with Crippen molar-refractivity contribution in [1.29, 1.82) is 0 Å². The summed E-state index contributed by atoms with van der Waals surface area (Å²) in [5.41, 5.74) is 4.27. The number of rotatable bonds is 4. The van der Waals surface area contributed by atoms with E-state index in [1.165, 1.54) is 18.6 Å². The molecule has 0 aliphatic heterocycles. The number of hydrogen-bond acceptors (Lipinski definition) is 5. The van der Waals surface area contributed by atoms with Crippen LogP contribution in [0.15, 0.2) is 47.8 Å². The number of aromatic hydroxyl groups is 1. The minimum absolute atomic E-state index is 0.143. The van der Waals surface area contributed by atoms with Crippen molar-refractivity contribution in [1.82, 2.24) is 4.98 Å². The number of hydrogen-bond donors (Lipinski definition) is 2. The van der Waals surface area contributed by atoms with Crippen molar-refractivity contribution in [3.8, 4) is 5.75 Å². The Morgan fingerprint density at radius 1 is 1.22 bits per heavy atom. The molecule has 0 unspecified atom stereocenters. The van der Waals surface area contributed by atoms with Gasteiger partial charge in [0, 0.05) is 17.3 Å². The summed E-state index contributed by atoms with van der Waals surface area (Å²) >= 11 is 0. The summed E-state index contributed by atoms with van der Waals surface area (Å²) < 4.78 is 0. The summed E-state index contributed by atoms with van der Waals surface area (Å²) in [6.45, 7) is 0. The summed E-state index contributed by atoms with van der Waals surface area (Å²) in [5, 5.41) is 13.5. The Bertz CT molecular complexity index is 582. The van der Waals surface area contributed by atoms with Crippen LogP contribution < -0.4 is 5.43 Å². The molecule has 0 saturated carbocycles. The van der Waals surface area contributed by atoms with Gasteiger partial charge in [-0.05, 0) is 18.2 Å². The molecular formula is C13H11N3O2. The number of anilines is 1. The number of para-hydroxylation sites is 1. The minimum atomic E-state index is 0.143. The van der Waals surface area contributed by atoms with E-state index in [4.69, 9.17) is 0 Å². The standard InChI is InChI=1S/C13H11N3O2/c17-9-11-5-6-14-8-12(11)16-15-7-10-3-1-2-4-13(10)18/h1-9,16,18H/b15-7+. The number of pyridine rings is 1.